The molecule has 0 unspecified atom stereocenters. The van der Waals surface area contributed by atoms with Gasteiger partial charge in [-0.2, -0.15) is 5.10 Å². The number of pyridine rings is 1. The molecule has 0 saturated carbocycles. The predicted octanol–water partition coefficient (Wildman–Crippen LogP) is 5.77. The number of nitrogens with zero attached hydrogens (tertiary/aromatic N) is 4. The fourth-order valence-corrected chi connectivity index (χ4v) is 5.52. The summed E-state index contributed by atoms with van der Waals surface area (Å²) in [6, 6.07) is 15.9. The van der Waals surface area contributed by atoms with Gasteiger partial charge in [-0.3, -0.25) is 14.6 Å². The molecular formula is C31H31Cl2N7O3. The maximum absolute atomic E-state index is 13.8. The van der Waals surface area contributed by atoms with E-state index in [1.165, 1.54) is 23.1 Å². The lowest BCUT2D eigenvalue weighted by atomic mass is 9.92. The summed E-state index contributed by atoms with van der Waals surface area (Å²) >= 11 is 12.3. The van der Waals surface area contributed by atoms with Crippen molar-refractivity contribution >= 4 is 46.5 Å². The van der Waals surface area contributed by atoms with E-state index in [0.717, 1.165) is 37.1 Å². The number of hydrogen-bond acceptors (Lipinski definition) is 6. The number of carbonyl (C=O) groups is 2. The van der Waals surface area contributed by atoms with Crippen molar-refractivity contribution in [1.29, 1.82) is 0 Å². The number of aromatic nitrogens is 3. The molecule has 0 radical (unpaired) electrons. The number of anilines is 2. The van der Waals surface area contributed by atoms with Gasteiger partial charge in [0.05, 0.1) is 21.4 Å². The first-order chi connectivity index (χ1) is 20.7. The van der Waals surface area contributed by atoms with Crippen molar-refractivity contribution in [3.8, 4) is 22.4 Å². The molecule has 0 aliphatic carbocycles. The highest BCUT2D eigenvalue weighted by molar-refractivity contribution is 6.39. The minimum atomic E-state index is -0.733. The molecule has 3 N–H and O–H groups in total. The summed E-state index contributed by atoms with van der Waals surface area (Å²) < 4.78 is 1.25. The molecular weight excluding hydrogens is 589 g/mol. The molecule has 1 saturated heterocycles. The Balaban J connectivity index is 1.57. The zero-order chi connectivity index (χ0) is 30.5. The van der Waals surface area contributed by atoms with Crippen LogP contribution in [0.1, 0.15) is 30.1 Å². The van der Waals surface area contributed by atoms with Crippen molar-refractivity contribution in [2.75, 3.05) is 30.8 Å². The van der Waals surface area contributed by atoms with Crippen LogP contribution in [-0.2, 0) is 6.54 Å². The Kier molecular flexibility index (Phi) is 9.40. The number of benzene rings is 2. The van der Waals surface area contributed by atoms with Crippen LogP contribution in [0.5, 0.6) is 0 Å². The molecule has 1 fully saturated rings. The molecule has 2 aromatic heterocycles. The van der Waals surface area contributed by atoms with Gasteiger partial charge in [0.2, 0.25) is 0 Å². The molecule has 0 spiro atoms. The fraction of sp³-hybridized carbons (Fsp3) is 0.258. The van der Waals surface area contributed by atoms with Crippen LogP contribution in [-0.4, -0.2) is 57.8 Å². The van der Waals surface area contributed by atoms with Gasteiger partial charge in [0.15, 0.2) is 0 Å². The number of halogens is 2. The van der Waals surface area contributed by atoms with Gasteiger partial charge in [-0.1, -0.05) is 65.7 Å². The molecule has 1 aliphatic rings. The highest BCUT2D eigenvalue weighted by Gasteiger charge is 2.24. The summed E-state index contributed by atoms with van der Waals surface area (Å²) in [5, 5.41) is 13.3. The van der Waals surface area contributed by atoms with Gasteiger partial charge < -0.3 is 20.9 Å². The van der Waals surface area contributed by atoms with Crippen molar-refractivity contribution in [2.24, 2.45) is 0 Å². The van der Waals surface area contributed by atoms with Crippen molar-refractivity contribution in [3.63, 3.8) is 0 Å². The predicted molar refractivity (Wildman–Crippen MR) is 170 cm³/mol. The van der Waals surface area contributed by atoms with Crippen molar-refractivity contribution in [2.45, 2.75) is 32.4 Å². The summed E-state index contributed by atoms with van der Waals surface area (Å²) in [6.07, 6.45) is 4.39. The third-order valence-electron chi connectivity index (χ3n) is 7.32. The summed E-state index contributed by atoms with van der Waals surface area (Å²) in [5.41, 5.74) is 2.56. The smallest absolute Gasteiger partial charge is 0.323 e. The second-order valence-corrected chi connectivity index (χ2v) is 11.1. The van der Waals surface area contributed by atoms with Crippen LogP contribution in [0.3, 0.4) is 0 Å². The van der Waals surface area contributed by atoms with Crippen LogP contribution in [0.25, 0.3) is 22.4 Å². The van der Waals surface area contributed by atoms with Gasteiger partial charge >= 0.3 is 6.03 Å². The van der Waals surface area contributed by atoms with E-state index < -0.39 is 11.6 Å². The summed E-state index contributed by atoms with van der Waals surface area (Å²) in [5.74, 6) is -0.229. The van der Waals surface area contributed by atoms with E-state index in [0.29, 0.717) is 16.8 Å². The van der Waals surface area contributed by atoms with Gasteiger partial charge in [-0.05, 0) is 63.2 Å². The second kappa shape index (κ2) is 13.4. The summed E-state index contributed by atoms with van der Waals surface area (Å²) in [7, 11) is 2.07. The zero-order valence-electron chi connectivity index (χ0n) is 23.7. The van der Waals surface area contributed by atoms with E-state index in [4.69, 9.17) is 23.2 Å². The molecule has 2 aromatic carbocycles. The Bertz CT molecular complexity index is 1680. The maximum Gasteiger partial charge on any atom is 0.323 e. The Hall–Kier alpha value is -4.25. The number of amides is 3. The topological polar surface area (TPSA) is 121 Å². The highest BCUT2D eigenvalue weighted by atomic mass is 35.5. The van der Waals surface area contributed by atoms with Gasteiger partial charge in [0, 0.05) is 36.1 Å². The highest BCUT2D eigenvalue weighted by Crippen LogP contribution is 2.35. The van der Waals surface area contributed by atoms with E-state index in [9.17, 15) is 14.4 Å². The summed E-state index contributed by atoms with van der Waals surface area (Å²) in [4.78, 5) is 46.2. The van der Waals surface area contributed by atoms with E-state index in [1.54, 1.807) is 13.0 Å². The second-order valence-electron chi connectivity index (χ2n) is 10.3. The first-order valence-electron chi connectivity index (χ1n) is 13.9. The normalized spacial score (nSPS) is 13.9. The Morgan fingerprint density at radius 1 is 0.977 bits per heavy atom. The van der Waals surface area contributed by atoms with Gasteiger partial charge in [0.25, 0.3) is 11.5 Å². The molecule has 3 amide bonds. The van der Waals surface area contributed by atoms with Gasteiger partial charge in [-0.15, -0.1) is 0 Å². The molecule has 3 heterocycles. The number of piperidine rings is 1. The first-order valence-corrected chi connectivity index (χ1v) is 14.7. The van der Waals surface area contributed by atoms with Crippen LogP contribution in [0.2, 0.25) is 10.0 Å². The molecule has 43 heavy (non-hydrogen) atoms. The van der Waals surface area contributed by atoms with Crippen LogP contribution in [0, 0.1) is 0 Å². The number of aryl methyl sites for hydroxylation is 1. The van der Waals surface area contributed by atoms with Crippen LogP contribution in [0.4, 0.5) is 16.2 Å². The molecule has 10 nitrogen and oxygen atoms in total. The number of urea groups is 1. The van der Waals surface area contributed by atoms with Crippen LogP contribution in [0.15, 0.2) is 71.8 Å². The molecule has 222 valence electrons. The lowest BCUT2D eigenvalue weighted by molar-refractivity contribution is 0.0917. The van der Waals surface area contributed by atoms with Gasteiger partial charge in [-0.25, -0.2) is 9.48 Å². The third-order valence-corrected chi connectivity index (χ3v) is 7.89. The largest absolute Gasteiger partial charge is 0.349 e. The van der Waals surface area contributed by atoms with Crippen molar-refractivity contribution in [3.05, 3.63) is 93.0 Å². The zero-order valence-corrected chi connectivity index (χ0v) is 25.2. The number of nitrogens with one attached hydrogen (secondary N) is 3. The molecule has 5 rings (SSSR count). The summed E-state index contributed by atoms with van der Waals surface area (Å²) in [6.45, 7) is 3.81. The molecule has 12 heteroatoms. The SMILES string of the molecule is CCn1nc(-c2c(C(=O)NC3CCN(C)CC3)cccc2-c2ccccc2)cc(NC(=O)Nc2c(Cl)cncc2Cl)c1=O. The van der Waals surface area contributed by atoms with E-state index >= 15 is 0 Å². The van der Waals surface area contributed by atoms with Crippen molar-refractivity contribution < 1.29 is 9.59 Å². The monoisotopic (exact) mass is 619 g/mol. The third kappa shape index (κ3) is 6.88. The average Bonchev–Trinajstić information content (AvgIpc) is 3.01. The average molecular weight is 621 g/mol. The number of carbonyl (C=O) groups excluding carboxylic acids is 2. The standard InChI is InChI=1S/C31H31Cl2N7O3/c1-3-40-30(42)26(36-31(43)37-28-23(32)17-34-18-24(28)33)16-25(38-40)27-21(19-8-5-4-6-9-19)10-7-11-22(27)29(41)35-20-12-14-39(2)15-13-20/h4-11,16-18,20H,3,12-15H2,1-2H3,(H,35,41)(H2,34,36,37,43). The lowest BCUT2D eigenvalue weighted by Gasteiger charge is -2.29. The number of likely N-dealkylation sites (tertiary alicyclic amines) is 1. The molecule has 0 atom stereocenters. The minimum Gasteiger partial charge on any atom is -0.349 e. The maximum atomic E-state index is 13.8. The van der Waals surface area contributed by atoms with Crippen molar-refractivity contribution in [1.82, 2.24) is 25.0 Å². The Morgan fingerprint density at radius 3 is 2.35 bits per heavy atom. The molecule has 4 aromatic rings. The number of rotatable bonds is 7. The van der Waals surface area contributed by atoms with Crippen LogP contribution < -0.4 is 21.5 Å². The molecule has 0 bridgehead atoms. The minimum absolute atomic E-state index is 0.0322. The van der Waals surface area contributed by atoms with E-state index in [-0.39, 0.29) is 39.9 Å². The van der Waals surface area contributed by atoms with E-state index in [1.807, 2.05) is 42.5 Å². The molecule has 1 aliphatic heterocycles. The Labute approximate surface area is 259 Å². The number of hydrogen-bond donors (Lipinski definition) is 3. The van der Waals surface area contributed by atoms with E-state index in [2.05, 4.69) is 38.0 Å². The Morgan fingerprint density at radius 2 is 1.67 bits per heavy atom. The van der Waals surface area contributed by atoms with Crippen LogP contribution >= 0.6 is 23.2 Å². The first kappa shape index (κ1) is 30.2. The van der Waals surface area contributed by atoms with Gasteiger partial charge in [0.1, 0.15) is 5.69 Å². The fourth-order valence-electron chi connectivity index (χ4n) is 5.06. The lowest BCUT2D eigenvalue weighted by Crippen LogP contribution is -2.43. The quantitative estimate of drug-likeness (QED) is 0.241.